The molecule has 2 aromatic carbocycles. The summed E-state index contributed by atoms with van der Waals surface area (Å²) in [5.74, 6) is -1.97. The molecule has 3 rings (SSSR count). The molecule has 1 amide bonds. The Morgan fingerprint density at radius 3 is 2.52 bits per heavy atom. The Hall–Kier alpha value is -2.58. The zero-order chi connectivity index (χ0) is 19.6. The third-order valence-electron chi connectivity index (χ3n) is 3.90. The van der Waals surface area contributed by atoms with Crippen LogP contribution in [0.25, 0.3) is 11.3 Å². The first-order valence-electron chi connectivity index (χ1n) is 8.06. The third kappa shape index (κ3) is 4.58. The highest BCUT2D eigenvalue weighted by Gasteiger charge is 2.20. The maximum absolute atomic E-state index is 12.9. The molecular weight excluding hydrogens is 387 g/mol. The molecule has 0 saturated heterocycles. The molecule has 0 fully saturated rings. The van der Waals surface area contributed by atoms with Gasteiger partial charge in [0.25, 0.3) is 0 Å². The molecule has 0 unspecified atom stereocenters. The van der Waals surface area contributed by atoms with Crippen molar-refractivity contribution in [2.75, 3.05) is 11.1 Å². The Balaban J connectivity index is 1.71. The zero-order valence-electron chi connectivity index (χ0n) is 14.7. The van der Waals surface area contributed by atoms with E-state index >= 15 is 0 Å². The predicted molar refractivity (Wildman–Crippen MR) is 104 cm³/mol. The molecule has 5 nitrogen and oxygen atoms in total. The van der Waals surface area contributed by atoms with E-state index in [1.165, 1.54) is 11.3 Å². The number of benzene rings is 2. The Labute approximate surface area is 160 Å². The van der Waals surface area contributed by atoms with Crippen LogP contribution in [0.4, 0.5) is 9.52 Å². The number of aromatic nitrogens is 1. The lowest BCUT2D eigenvalue weighted by Gasteiger charge is -2.05. The average molecular weight is 404 g/mol. The number of amides is 1. The fourth-order valence-corrected chi connectivity index (χ4v) is 4.47. The van der Waals surface area contributed by atoms with Gasteiger partial charge in [0.15, 0.2) is 15.0 Å². The Bertz CT molecular complexity index is 1090. The van der Waals surface area contributed by atoms with Crippen LogP contribution >= 0.6 is 11.3 Å². The van der Waals surface area contributed by atoms with E-state index in [4.69, 9.17) is 0 Å². The van der Waals surface area contributed by atoms with Gasteiger partial charge >= 0.3 is 0 Å². The number of carbonyl (C=O) groups excluding carboxylic acids is 1. The molecule has 0 saturated carbocycles. The van der Waals surface area contributed by atoms with Crippen molar-refractivity contribution in [1.82, 2.24) is 4.98 Å². The molecule has 0 bridgehead atoms. The summed E-state index contributed by atoms with van der Waals surface area (Å²) in [7, 11) is -3.86. The molecule has 1 heterocycles. The maximum atomic E-state index is 12.9. The van der Waals surface area contributed by atoms with Crippen molar-refractivity contribution in [3.63, 3.8) is 0 Å². The lowest BCUT2D eigenvalue weighted by molar-refractivity contribution is -0.113. The van der Waals surface area contributed by atoms with E-state index in [0.29, 0.717) is 10.8 Å². The monoisotopic (exact) mass is 404 g/mol. The largest absolute Gasteiger partial charge is 0.301 e. The lowest BCUT2D eigenvalue weighted by Crippen LogP contribution is -2.23. The van der Waals surface area contributed by atoms with E-state index in [0.717, 1.165) is 41.0 Å². The number of sulfone groups is 1. The van der Waals surface area contributed by atoms with Gasteiger partial charge in [-0.05, 0) is 43.7 Å². The van der Waals surface area contributed by atoms with Crippen molar-refractivity contribution >= 4 is 32.2 Å². The van der Waals surface area contributed by atoms with Crippen LogP contribution in [0.15, 0.2) is 52.7 Å². The summed E-state index contributed by atoms with van der Waals surface area (Å²) in [5.41, 5.74) is 3.88. The molecule has 27 heavy (non-hydrogen) atoms. The number of thiazole rings is 1. The Kier molecular flexibility index (Phi) is 5.38. The van der Waals surface area contributed by atoms with Crippen LogP contribution in [0.1, 0.15) is 11.1 Å². The zero-order valence-corrected chi connectivity index (χ0v) is 16.3. The topological polar surface area (TPSA) is 76.1 Å². The number of rotatable bonds is 5. The second kappa shape index (κ2) is 7.58. The molecule has 0 aliphatic rings. The summed E-state index contributed by atoms with van der Waals surface area (Å²) in [5, 5.41) is 4.65. The highest BCUT2D eigenvalue weighted by Crippen LogP contribution is 2.28. The van der Waals surface area contributed by atoms with Crippen LogP contribution in [-0.4, -0.2) is 25.1 Å². The van der Waals surface area contributed by atoms with Gasteiger partial charge in [0.05, 0.1) is 10.6 Å². The summed E-state index contributed by atoms with van der Waals surface area (Å²) >= 11 is 1.22. The smallest absolute Gasteiger partial charge is 0.241 e. The second-order valence-electron chi connectivity index (χ2n) is 6.12. The van der Waals surface area contributed by atoms with Gasteiger partial charge in [-0.25, -0.2) is 17.8 Å². The predicted octanol–water partition coefficient (Wildman–Crippen LogP) is 3.98. The number of hydrogen-bond acceptors (Lipinski definition) is 5. The minimum absolute atomic E-state index is 0.103. The normalized spacial score (nSPS) is 11.4. The van der Waals surface area contributed by atoms with Gasteiger partial charge in [-0.2, -0.15) is 0 Å². The minimum Gasteiger partial charge on any atom is -0.301 e. The summed E-state index contributed by atoms with van der Waals surface area (Å²) in [6.07, 6.45) is 0. The minimum atomic E-state index is -3.86. The van der Waals surface area contributed by atoms with Gasteiger partial charge in [-0.1, -0.05) is 23.8 Å². The molecule has 0 radical (unpaired) electrons. The summed E-state index contributed by atoms with van der Waals surface area (Å²) in [6, 6.07) is 10.4. The van der Waals surface area contributed by atoms with Crippen LogP contribution in [-0.2, 0) is 14.6 Å². The second-order valence-corrected chi connectivity index (χ2v) is 8.97. The molecule has 0 aliphatic heterocycles. The Morgan fingerprint density at radius 1 is 1.15 bits per heavy atom. The molecule has 0 aliphatic carbocycles. The average Bonchev–Trinajstić information content (AvgIpc) is 3.02. The molecule has 0 spiro atoms. The van der Waals surface area contributed by atoms with Crippen molar-refractivity contribution in [2.45, 2.75) is 18.7 Å². The summed E-state index contributed by atoms with van der Waals surface area (Å²) in [4.78, 5) is 16.4. The van der Waals surface area contributed by atoms with Gasteiger partial charge in [-0.3, -0.25) is 4.79 Å². The van der Waals surface area contributed by atoms with Gasteiger partial charge in [-0.15, -0.1) is 11.3 Å². The van der Waals surface area contributed by atoms with Crippen molar-refractivity contribution < 1.29 is 17.6 Å². The molecule has 0 atom stereocenters. The first-order chi connectivity index (χ1) is 12.7. The molecule has 8 heteroatoms. The van der Waals surface area contributed by atoms with Crippen LogP contribution in [0.5, 0.6) is 0 Å². The van der Waals surface area contributed by atoms with E-state index in [1.807, 2.05) is 37.4 Å². The highest BCUT2D eigenvalue weighted by molar-refractivity contribution is 7.92. The number of nitrogens with zero attached hydrogens (tertiary/aromatic N) is 1. The van der Waals surface area contributed by atoms with Gasteiger partial charge in [0.1, 0.15) is 11.6 Å². The standard InChI is InChI=1S/C19H17FN2O3S2/c1-12-3-8-16(13(2)9-12)17-10-26-19(21-17)22-18(23)11-27(24,25)15-6-4-14(20)5-7-15/h3-10H,11H2,1-2H3,(H,21,22,23). The molecule has 1 N–H and O–H groups in total. The fraction of sp³-hybridized carbons (Fsp3) is 0.158. The first-order valence-corrected chi connectivity index (χ1v) is 10.6. The summed E-state index contributed by atoms with van der Waals surface area (Å²) in [6.45, 7) is 3.99. The molecular formula is C19H17FN2O3S2. The van der Waals surface area contributed by atoms with Crippen LogP contribution in [0, 0.1) is 19.7 Å². The van der Waals surface area contributed by atoms with Crippen molar-refractivity contribution in [3.05, 3.63) is 64.8 Å². The number of carbonyl (C=O) groups is 1. The fourth-order valence-electron chi connectivity index (χ4n) is 2.61. The van der Waals surface area contributed by atoms with E-state index < -0.39 is 27.3 Å². The third-order valence-corrected chi connectivity index (χ3v) is 6.29. The lowest BCUT2D eigenvalue weighted by atomic mass is 10.0. The van der Waals surface area contributed by atoms with Crippen LogP contribution in [0.2, 0.25) is 0 Å². The van der Waals surface area contributed by atoms with Crippen LogP contribution < -0.4 is 5.32 Å². The van der Waals surface area contributed by atoms with E-state index in [1.54, 1.807) is 0 Å². The number of nitrogens with one attached hydrogen (secondary N) is 1. The van der Waals surface area contributed by atoms with Gasteiger partial charge in [0, 0.05) is 10.9 Å². The Morgan fingerprint density at radius 2 is 1.85 bits per heavy atom. The quantitative estimate of drug-likeness (QED) is 0.653. The SMILES string of the molecule is Cc1ccc(-c2csc(NC(=O)CS(=O)(=O)c3ccc(F)cc3)n2)c(C)c1. The first kappa shape index (κ1) is 19.2. The molecule has 1 aromatic heterocycles. The van der Waals surface area contributed by atoms with Gasteiger partial charge < -0.3 is 5.32 Å². The number of hydrogen-bond donors (Lipinski definition) is 1. The van der Waals surface area contributed by atoms with Crippen LogP contribution in [0.3, 0.4) is 0 Å². The van der Waals surface area contributed by atoms with E-state index in [2.05, 4.69) is 10.3 Å². The van der Waals surface area contributed by atoms with E-state index in [9.17, 15) is 17.6 Å². The molecule has 3 aromatic rings. The number of halogens is 1. The van der Waals surface area contributed by atoms with Crippen molar-refractivity contribution in [1.29, 1.82) is 0 Å². The maximum Gasteiger partial charge on any atom is 0.241 e. The number of anilines is 1. The van der Waals surface area contributed by atoms with Crippen molar-refractivity contribution in [2.24, 2.45) is 0 Å². The molecule has 140 valence electrons. The number of aryl methyl sites for hydroxylation is 2. The summed E-state index contributed by atoms with van der Waals surface area (Å²) < 4.78 is 37.4. The van der Waals surface area contributed by atoms with Crippen molar-refractivity contribution in [3.8, 4) is 11.3 Å². The van der Waals surface area contributed by atoms with E-state index in [-0.39, 0.29) is 4.90 Å². The highest BCUT2D eigenvalue weighted by atomic mass is 32.2. The van der Waals surface area contributed by atoms with Gasteiger partial charge in [0.2, 0.25) is 5.91 Å².